The van der Waals surface area contributed by atoms with E-state index in [-0.39, 0.29) is 25.1 Å². The molecule has 0 saturated heterocycles. The topological polar surface area (TPSA) is 46.5 Å². The number of rotatable bonds is 5. The van der Waals surface area contributed by atoms with Crippen LogP contribution in [0.1, 0.15) is 12.5 Å². The highest BCUT2D eigenvalue weighted by Gasteiger charge is 2.10. The minimum absolute atomic E-state index is 0.00406. The highest BCUT2D eigenvalue weighted by atomic mass is 35.5. The van der Waals surface area contributed by atoms with Crippen molar-refractivity contribution < 1.29 is 14.6 Å². The molecule has 1 rings (SSSR count). The van der Waals surface area contributed by atoms with E-state index in [4.69, 9.17) is 21.4 Å². The number of hydrogen-bond donors (Lipinski definition) is 1. The number of carbonyl (C=O) groups excluding carboxylic acids is 1. The first-order chi connectivity index (χ1) is 7.61. The lowest BCUT2D eigenvalue weighted by atomic mass is 10.0. The molecule has 0 bridgehead atoms. The Kier molecular flexibility index (Phi) is 5.29. The Morgan fingerprint density at radius 2 is 2.06 bits per heavy atom. The molecule has 0 aliphatic carbocycles. The van der Waals surface area contributed by atoms with Crippen molar-refractivity contribution in [3.05, 3.63) is 34.9 Å². The van der Waals surface area contributed by atoms with Gasteiger partial charge in [0.25, 0.3) is 0 Å². The molecule has 4 heteroatoms. The van der Waals surface area contributed by atoms with Crippen molar-refractivity contribution in [1.82, 2.24) is 0 Å². The van der Waals surface area contributed by atoms with Gasteiger partial charge in [-0.05, 0) is 24.1 Å². The van der Waals surface area contributed by atoms with E-state index in [0.29, 0.717) is 11.4 Å². The predicted molar refractivity (Wildman–Crippen MR) is 62.4 cm³/mol. The third kappa shape index (κ3) is 4.64. The molecule has 1 aromatic carbocycles. The van der Waals surface area contributed by atoms with Crippen LogP contribution in [-0.4, -0.2) is 24.3 Å². The van der Waals surface area contributed by atoms with Crippen LogP contribution in [0.25, 0.3) is 0 Å². The zero-order valence-electron chi connectivity index (χ0n) is 9.15. The first-order valence-corrected chi connectivity index (χ1v) is 5.48. The second-order valence-corrected chi connectivity index (χ2v) is 4.12. The standard InChI is InChI=1S/C12H15ClO3/c1-9(15)16-8-11(7-14)6-10-2-4-12(13)5-3-10/h2-5,11,14H,6-8H2,1H3/t11-/m1/s1. The minimum atomic E-state index is -0.324. The first-order valence-electron chi connectivity index (χ1n) is 5.10. The van der Waals surface area contributed by atoms with Crippen molar-refractivity contribution in [3.63, 3.8) is 0 Å². The average molecular weight is 243 g/mol. The fraction of sp³-hybridized carbons (Fsp3) is 0.417. The number of benzene rings is 1. The largest absolute Gasteiger partial charge is 0.465 e. The molecule has 1 atom stereocenters. The van der Waals surface area contributed by atoms with Crippen molar-refractivity contribution in [1.29, 1.82) is 0 Å². The van der Waals surface area contributed by atoms with Gasteiger partial charge in [-0.25, -0.2) is 0 Å². The monoisotopic (exact) mass is 242 g/mol. The van der Waals surface area contributed by atoms with Crippen LogP contribution in [0.3, 0.4) is 0 Å². The highest BCUT2D eigenvalue weighted by molar-refractivity contribution is 6.30. The van der Waals surface area contributed by atoms with E-state index < -0.39 is 0 Å². The molecule has 1 N–H and O–H groups in total. The number of hydrogen-bond acceptors (Lipinski definition) is 3. The van der Waals surface area contributed by atoms with Gasteiger partial charge in [0.1, 0.15) is 0 Å². The summed E-state index contributed by atoms with van der Waals surface area (Å²) < 4.78 is 4.87. The van der Waals surface area contributed by atoms with E-state index in [1.54, 1.807) is 12.1 Å². The zero-order valence-corrected chi connectivity index (χ0v) is 9.91. The summed E-state index contributed by atoms with van der Waals surface area (Å²) in [5.41, 5.74) is 1.07. The normalized spacial score (nSPS) is 12.2. The fourth-order valence-electron chi connectivity index (χ4n) is 1.37. The fourth-order valence-corrected chi connectivity index (χ4v) is 1.49. The Balaban J connectivity index is 2.49. The molecule has 0 amide bonds. The Morgan fingerprint density at radius 3 is 2.56 bits per heavy atom. The third-order valence-corrected chi connectivity index (χ3v) is 2.47. The van der Waals surface area contributed by atoms with Gasteiger partial charge in [-0.15, -0.1) is 0 Å². The molecule has 0 saturated carbocycles. The summed E-state index contributed by atoms with van der Waals surface area (Å²) in [4.78, 5) is 10.6. The number of ether oxygens (including phenoxy) is 1. The third-order valence-electron chi connectivity index (χ3n) is 2.22. The highest BCUT2D eigenvalue weighted by Crippen LogP contribution is 2.13. The summed E-state index contributed by atoms with van der Waals surface area (Å²) >= 11 is 5.77. The molecule has 0 aliphatic rings. The Morgan fingerprint density at radius 1 is 1.44 bits per heavy atom. The molecule has 0 spiro atoms. The summed E-state index contributed by atoms with van der Waals surface area (Å²) in [5.74, 6) is -0.389. The van der Waals surface area contributed by atoms with Crippen LogP contribution >= 0.6 is 11.6 Å². The van der Waals surface area contributed by atoms with Gasteiger partial charge in [0, 0.05) is 24.5 Å². The molecule has 1 aromatic rings. The van der Waals surface area contributed by atoms with E-state index in [9.17, 15) is 4.79 Å². The Hall–Kier alpha value is -1.06. The molecule has 0 aliphatic heterocycles. The summed E-state index contributed by atoms with van der Waals surface area (Å²) in [7, 11) is 0. The van der Waals surface area contributed by atoms with Gasteiger partial charge in [0.2, 0.25) is 0 Å². The Bertz CT molecular complexity index is 335. The molecular weight excluding hydrogens is 228 g/mol. The second kappa shape index (κ2) is 6.51. The maximum absolute atomic E-state index is 10.6. The summed E-state index contributed by atoms with van der Waals surface area (Å²) in [6.45, 7) is 1.60. The quantitative estimate of drug-likeness (QED) is 0.804. The number of halogens is 1. The van der Waals surface area contributed by atoms with Gasteiger partial charge in [-0.3, -0.25) is 4.79 Å². The number of aliphatic hydroxyl groups excluding tert-OH is 1. The molecule has 0 aromatic heterocycles. The van der Waals surface area contributed by atoms with E-state index >= 15 is 0 Å². The van der Waals surface area contributed by atoms with Crippen LogP contribution in [0, 0.1) is 5.92 Å². The molecule has 0 unspecified atom stereocenters. The van der Waals surface area contributed by atoms with Gasteiger partial charge in [0.15, 0.2) is 0 Å². The lowest BCUT2D eigenvalue weighted by molar-refractivity contribution is -0.142. The van der Waals surface area contributed by atoms with Crippen molar-refractivity contribution in [2.24, 2.45) is 5.92 Å². The SMILES string of the molecule is CC(=O)OC[C@@H](CO)Cc1ccc(Cl)cc1. The molecule has 0 heterocycles. The second-order valence-electron chi connectivity index (χ2n) is 3.68. The van der Waals surface area contributed by atoms with Gasteiger partial charge in [-0.1, -0.05) is 23.7 Å². The summed E-state index contributed by atoms with van der Waals surface area (Å²) in [6.07, 6.45) is 0.668. The smallest absolute Gasteiger partial charge is 0.302 e. The summed E-state index contributed by atoms with van der Waals surface area (Å²) in [5, 5.41) is 9.82. The molecule has 0 fully saturated rings. The van der Waals surface area contributed by atoms with Gasteiger partial charge in [0.05, 0.1) is 6.61 Å². The van der Waals surface area contributed by atoms with Crippen LogP contribution < -0.4 is 0 Å². The lowest BCUT2D eigenvalue weighted by Crippen LogP contribution is -2.18. The van der Waals surface area contributed by atoms with Crippen LogP contribution in [0.2, 0.25) is 5.02 Å². The van der Waals surface area contributed by atoms with Crippen molar-refractivity contribution >= 4 is 17.6 Å². The van der Waals surface area contributed by atoms with E-state index in [0.717, 1.165) is 5.56 Å². The van der Waals surface area contributed by atoms with Crippen molar-refractivity contribution in [2.75, 3.05) is 13.2 Å². The first kappa shape index (κ1) is 13.0. The molecular formula is C12H15ClO3. The van der Waals surface area contributed by atoms with Crippen molar-refractivity contribution in [3.8, 4) is 0 Å². The maximum atomic E-state index is 10.6. The molecule has 0 radical (unpaired) electrons. The number of aliphatic hydroxyl groups is 1. The number of esters is 1. The van der Waals surface area contributed by atoms with Crippen LogP contribution in [0.15, 0.2) is 24.3 Å². The van der Waals surface area contributed by atoms with Crippen molar-refractivity contribution in [2.45, 2.75) is 13.3 Å². The minimum Gasteiger partial charge on any atom is -0.465 e. The van der Waals surface area contributed by atoms with E-state index in [1.165, 1.54) is 6.92 Å². The molecule has 88 valence electrons. The lowest BCUT2D eigenvalue weighted by Gasteiger charge is -2.13. The van der Waals surface area contributed by atoms with E-state index in [2.05, 4.69) is 0 Å². The zero-order chi connectivity index (χ0) is 12.0. The molecule has 3 nitrogen and oxygen atoms in total. The maximum Gasteiger partial charge on any atom is 0.302 e. The average Bonchev–Trinajstić information content (AvgIpc) is 2.26. The van der Waals surface area contributed by atoms with Gasteiger partial charge in [-0.2, -0.15) is 0 Å². The van der Waals surface area contributed by atoms with Crippen LogP contribution in [0.5, 0.6) is 0 Å². The Labute approximate surface area is 100.0 Å². The molecule has 16 heavy (non-hydrogen) atoms. The number of carbonyl (C=O) groups is 1. The predicted octanol–water partition coefficient (Wildman–Crippen LogP) is 2.05. The van der Waals surface area contributed by atoms with Crippen LogP contribution in [0.4, 0.5) is 0 Å². The van der Waals surface area contributed by atoms with E-state index in [1.807, 2.05) is 12.1 Å². The van der Waals surface area contributed by atoms with Crippen LogP contribution in [-0.2, 0) is 16.0 Å². The van der Waals surface area contributed by atoms with Gasteiger partial charge < -0.3 is 9.84 Å². The summed E-state index contributed by atoms with van der Waals surface area (Å²) in [6, 6.07) is 7.41. The van der Waals surface area contributed by atoms with Gasteiger partial charge >= 0.3 is 5.97 Å².